The molecule has 0 amide bonds. The van der Waals surface area contributed by atoms with Gasteiger partial charge in [-0.25, -0.2) is 9.97 Å². The van der Waals surface area contributed by atoms with E-state index in [1.165, 1.54) is 0 Å². The van der Waals surface area contributed by atoms with E-state index in [1.54, 1.807) is 0 Å². The van der Waals surface area contributed by atoms with Crippen molar-refractivity contribution in [2.45, 2.75) is 6.42 Å². The van der Waals surface area contributed by atoms with Crippen molar-refractivity contribution in [3.05, 3.63) is 22.1 Å². The highest BCUT2D eigenvalue weighted by Crippen LogP contribution is 2.04. The third-order valence-electron chi connectivity index (χ3n) is 1.20. The number of aromatic nitrogens is 2. The minimum absolute atomic E-state index is 0.0319. The number of H-pyrrole nitrogens is 1. The molecule has 0 fully saturated rings. The molecule has 6 nitrogen and oxygen atoms in total. The fourth-order valence-electron chi connectivity index (χ4n) is 0.670. The molecular formula is C7H7N3O3. The molecule has 6 heteroatoms. The van der Waals surface area contributed by atoms with Gasteiger partial charge in [0.15, 0.2) is 0 Å². The number of imidazole rings is 1. The van der Waals surface area contributed by atoms with Crippen LogP contribution in [0, 0.1) is 22.0 Å². The number of rotatable bonds is 2. The molecule has 1 aromatic rings. The Morgan fingerprint density at radius 2 is 2.54 bits per heavy atom. The maximum absolute atomic E-state index is 10.2. The van der Waals surface area contributed by atoms with Gasteiger partial charge in [0.1, 0.15) is 6.20 Å². The van der Waals surface area contributed by atoms with Crippen LogP contribution in [-0.2, 0) is 0 Å². The van der Waals surface area contributed by atoms with E-state index < -0.39 is 4.92 Å². The summed E-state index contributed by atoms with van der Waals surface area (Å²) in [7, 11) is 0. The molecular weight excluding hydrogens is 174 g/mol. The van der Waals surface area contributed by atoms with Crippen molar-refractivity contribution in [1.29, 1.82) is 0 Å². The Balaban J connectivity index is 2.71. The predicted molar refractivity (Wildman–Crippen MR) is 43.8 cm³/mol. The summed E-state index contributed by atoms with van der Waals surface area (Å²) in [6.07, 6.45) is 1.43. The van der Waals surface area contributed by atoms with Gasteiger partial charge in [-0.1, -0.05) is 5.92 Å². The van der Waals surface area contributed by atoms with Gasteiger partial charge in [-0.15, -0.1) is 0 Å². The third kappa shape index (κ3) is 2.57. The Morgan fingerprint density at radius 3 is 3.08 bits per heavy atom. The van der Waals surface area contributed by atoms with Crippen LogP contribution in [-0.4, -0.2) is 26.6 Å². The van der Waals surface area contributed by atoms with Crippen molar-refractivity contribution in [3.63, 3.8) is 0 Å². The summed E-state index contributed by atoms with van der Waals surface area (Å²) in [5.41, 5.74) is 0. The molecule has 0 radical (unpaired) electrons. The number of hydrogen-bond donors (Lipinski definition) is 2. The lowest BCUT2D eigenvalue weighted by Gasteiger charge is -1.84. The third-order valence-corrected chi connectivity index (χ3v) is 1.20. The van der Waals surface area contributed by atoms with Crippen LogP contribution in [0.5, 0.6) is 0 Å². The molecule has 13 heavy (non-hydrogen) atoms. The van der Waals surface area contributed by atoms with Crippen molar-refractivity contribution in [2.24, 2.45) is 0 Å². The van der Waals surface area contributed by atoms with Crippen molar-refractivity contribution in [3.8, 4) is 11.8 Å². The average molecular weight is 181 g/mol. The van der Waals surface area contributed by atoms with Gasteiger partial charge < -0.3 is 15.2 Å². The number of aliphatic hydroxyl groups is 1. The molecule has 0 aromatic carbocycles. The van der Waals surface area contributed by atoms with Crippen LogP contribution in [0.25, 0.3) is 0 Å². The van der Waals surface area contributed by atoms with Crippen molar-refractivity contribution < 1.29 is 10.0 Å². The van der Waals surface area contributed by atoms with Gasteiger partial charge >= 0.3 is 5.82 Å². The Bertz CT molecular complexity index is 361. The van der Waals surface area contributed by atoms with Gasteiger partial charge in [-0.3, -0.25) is 0 Å². The molecule has 68 valence electrons. The second-order valence-corrected chi connectivity index (χ2v) is 2.15. The molecule has 0 aliphatic heterocycles. The van der Waals surface area contributed by atoms with E-state index in [0.717, 1.165) is 6.20 Å². The van der Waals surface area contributed by atoms with E-state index in [4.69, 9.17) is 5.11 Å². The zero-order valence-electron chi connectivity index (χ0n) is 6.65. The van der Waals surface area contributed by atoms with Crippen LogP contribution in [0.4, 0.5) is 5.82 Å². The quantitative estimate of drug-likeness (QED) is 0.383. The topological polar surface area (TPSA) is 92.1 Å². The number of hydrogen-bond acceptors (Lipinski definition) is 4. The van der Waals surface area contributed by atoms with Crippen molar-refractivity contribution in [1.82, 2.24) is 9.97 Å². The standard InChI is InChI=1S/C7H7N3O3/c11-4-2-1-3-6-8-5-7(9-6)10(12)13/h5,11H,2,4H2,(H,8,9). The van der Waals surface area contributed by atoms with E-state index in [0.29, 0.717) is 6.42 Å². The zero-order valence-corrected chi connectivity index (χ0v) is 6.65. The second-order valence-electron chi connectivity index (χ2n) is 2.15. The second kappa shape index (κ2) is 4.23. The number of nitro groups is 1. The molecule has 0 spiro atoms. The van der Waals surface area contributed by atoms with Crippen LogP contribution in [0.3, 0.4) is 0 Å². The van der Waals surface area contributed by atoms with E-state index in [-0.39, 0.29) is 18.2 Å². The van der Waals surface area contributed by atoms with E-state index >= 15 is 0 Å². The first kappa shape index (κ1) is 9.22. The number of nitrogens with one attached hydrogen (secondary N) is 1. The first-order chi connectivity index (χ1) is 6.24. The van der Waals surface area contributed by atoms with Crippen LogP contribution in [0.15, 0.2) is 6.20 Å². The molecule has 0 saturated carbocycles. The Labute approximate surface area is 73.8 Å². The lowest BCUT2D eigenvalue weighted by Crippen LogP contribution is -1.87. The molecule has 0 bridgehead atoms. The van der Waals surface area contributed by atoms with Crippen molar-refractivity contribution >= 4 is 5.82 Å². The summed E-state index contributed by atoms with van der Waals surface area (Å²) in [5, 5.41) is 18.6. The van der Waals surface area contributed by atoms with Crippen LogP contribution in [0.2, 0.25) is 0 Å². The summed E-state index contributed by atoms with van der Waals surface area (Å²) in [6.45, 7) is -0.0319. The van der Waals surface area contributed by atoms with Crippen LogP contribution < -0.4 is 0 Å². The number of aliphatic hydroxyl groups excluding tert-OH is 1. The minimum atomic E-state index is -0.579. The zero-order chi connectivity index (χ0) is 9.68. The van der Waals surface area contributed by atoms with E-state index in [1.807, 2.05) is 0 Å². The SMILES string of the molecule is O=[N+]([O-])c1cnc(C#CCCO)[nH]1. The fraction of sp³-hybridized carbons (Fsp3) is 0.286. The maximum atomic E-state index is 10.2. The lowest BCUT2D eigenvalue weighted by atomic mass is 10.4. The largest absolute Gasteiger partial charge is 0.395 e. The number of nitrogens with zero attached hydrogens (tertiary/aromatic N) is 2. The molecule has 0 unspecified atom stereocenters. The summed E-state index contributed by atoms with van der Waals surface area (Å²) in [4.78, 5) is 15.7. The first-order valence-electron chi connectivity index (χ1n) is 3.53. The molecule has 0 saturated heterocycles. The Morgan fingerprint density at radius 1 is 1.77 bits per heavy atom. The van der Waals surface area contributed by atoms with E-state index in [9.17, 15) is 10.1 Å². The van der Waals surface area contributed by atoms with Crippen molar-refractivity contribution in [2.75, 3.05) is 6.61 Å². The monoisotopic (exact) mass is 181 g/mol. The summed E-state index contributed by atoms with van der Waals surface area (Å²) >= 11 is 0. The Kier molecular flexibility index (Phi) is 3.00. The summed E-state index contributed by atoms with van der Waals surface area (Å²) in [5.74, 6) is 5.18. The molecule has 1 heterocycles. The molecule has 1 rings (SSSR count). The number of aromatic amines is 1. The highest BCUT2D eigenvalue weighted by atomic mass is 16.6. The van der Waals surface area contributed by atoms with Gasteiger partial charge in [0.25, 0.3) is 5.82 Å². The van der Waals surface area contributed by atoms with Crippen LogP contribution >= 0.6 is 0 Å². The first-order valence-corrected chi connectivity index (χ1v) is 3.53. The maximum Gasteiger partial charge on any atom is 0.341 e. The van der Waals surface area contributed by atoms with Gasteiger partial charge in [0.05, 0.1) is 6.61 Å². The summed E-state index contributed by atoms with van der Waals surface area (Å²) in [6, 6.07) is 0. The van der Waals surface area contributed by atoms with Gasteiger partial charge in [0.2, 0.25) is 0 Å². The van der Waals surface area contributed by atoms with Gasteiger partial charge in [-0.2, -0.15) is 0 Å². The minimum Gasteiger partial charge on any atom is -0.395 e. The normalized spacial score (nSPS) is 9.00. The highest BCUT2D eigenvalue weighted by Gasteiger charge is 2.06. The average Bonchev–Trinajstić information content (AvgIpc) is 2.53. The lowest BCUT2D eigenvalue weighted by molar-refractivity contribution is -0.389. The fourth-order valence-corrected chi connectivity index (χ4v) is 0.670. The van der Waals surface area contributed by atoms with Gasteiger partial charge in [-0.05, 0) is 10.8 Å². The Hall–Kier alpha value is -1.87. The van der Waals surface area contributed by atoms with Gasteiger partial charge in [0, 0.05) is 6.42 Å². The predicted octanol–water partition coefficient (Wildman–Crippen LogP) is 0.0518. The van der Waals surface area contributed by atoms with E-state index in [2.05, 4.69) is 21.8 Å². The molecule has 1 aromatic heterocycles. The molecule has 2 N–H and O–H groups in total. The smallest absolute Gasteiger partial charge is 0.341 e. The highest BCUT2D eigenvalue weighted by molar-refractivity contribution is 5.27. The molecule has 0 atom stereocenters. The molecule has 0 aliphatic rings. The molecule has 0 aliphatic carbocycles. The van der Waals surface area contributed by atoms with Crippen LogP contribution in [0.1, 0.15) is 12.2 Å². The summed E-state index contributed by atoms with van der Waals surface area (Å²) < 4.78 is 0.